The van der Waals surface area contributed by atoms with E-state index in [1.807, 2.05) is 0 Å². The van der Waals surface area contributed by atoms with Crippen LogP contribution in [-0.4, -0.2) is 63.4 Å². The lowest BCUT2D eigenvalue weighted by molar-refractivity contribution is -0.135. The summed E-state index contributed by atoms with van der Waals surface area (Å²) < 4.78 is 11.8. The fourth-order valence-corrected chi connectivity index (χ4v) is 3.92. The van der Waals surface area contributed by atoms with Gasteiger partial charge in [0.05, 0.1) is 42.5 Å². The van der Waals surface area contributed by atoms with Crippen molar-refractivity contribution in [3.63, 3.8) is 0 Å². The van der Waals surface area contributed by atoms with Crippen LogP contribution in [0.5, 0.6) is 11.5 Å². The van der Waals surface area contributed by atoms with Crippen LogP contribution in [0.15, 0.2) is 16.1 Å². The summed E-state index contributed by atoms with van der Waals surface area (Å²) in [5.74, 6) is -3.92. The van der Waals surface area contributed by atoms with Gasteiger partial charge in [0.2, 0.25) is 0 Å². The summed E-state index contributed by atoms with van der Waals surface area (Å²) in [6.07, 6.45) is 1.38. The van der Waals surface area contributed by atoms with Gasteiger partial charge >= 0.3 is 17.9 Å². The molecule has 0 aliphatic rings. The minimum Gasteiger partial charge on any atom is -0.494 e. The molecule has 139 valence electrons. The molecule has 0 aliphatic carbocycles. The first-order valence-electron chi connectivity index (χ1n) is 6.94. The first-order valence-corrected chi connectivity index (χ1v) is 8.92. The molecule has 0 saturated heterocycles. The number of aromatic nitrogens is 1. The smallest absolute Gasteiger partial charge is 0.343 e. The van der Waals surface area contributed by atoms with Crippen LogP contribution in [0.3, 0.4) is 0 Å². The Bertz CT molecular complexity index is 876. The maximum absolute atomic E-state index is 11.6. The zero-order chi connectivity index (χ0) is 19.4. The molecule has 2 aromatic heterocycles. The molecule has 1 radical (unpaired) electrons. The highest BCUT2D eigenvalue weighted by Gasteiger charge is 2.25. The van der Waals surface area contributed by atoms with Crippen LogP contribution in [-0.2, 0) is 9.59 Å². The first kappa shape index (κ1) is 19.8. The molecule has 0 fully saturated rings. The van der Waals surface area contributed by atoms with Crippen LogP contribution in [0.2, 0.25) is 0 Å². The number of aliphatic carboxylic acids is 2. The number of hydrogen-bond donors (Lipinski definition) is 3. The van der Waals surface area contributed by atoms with Gasteiger partial charge in [-0.1, -0.05) is 11.8 Å². The van der Waals surface area contributed by atoms with Gasteiger partial charge in [-0.05, 0) is 0 Å². The lowest BCUT2D eigenvalue weighted by atomic mass is 10.2. The van der Waals surface area contributed by atoms with E-state index in [2.05, 4.69) is 6.07 Å². The number of carboxylic acids is 3. The van der Waals surface area contributed by atoms with Crippen LogP contribution in [0.25, 0.3) is 5.52 Å². The van der Waals surface area contributed by atoms with Crippen molar-refractivity contribution in [1.82, 2.24) is 4.40 Å². The monoisotopic (exact) mass is 400 g/mol. The highest BCUT2D eigenvalue weighted by atomic mass is 32.2. The number of carbonyl (C=O) groups is 3. The quantitative estimate of drug-likeness (QED) is 0.535. The van der Waals surface area contributed by atoms with Gasteiger partial charge in [0.15, 0.2) is 11.5 Å². The fourth-order valence-electron chi connectivity index (χ4n) is 2.19. The summed E-state index contributed by atoms with van der Waals surface area (Å²) in [6.45, 7) is 0. The van der Waals surface area contributed by atoms with Crippen LogP contribution in [0.1, 0.15) is 10.4 Å². The van der Waals surface area contributed by atoms with Crippen LogP contribution < -0.4 is 9.47 Å². The lowest BCUT2D eigenvalue weighted by Gasteiger charge is -2.13. The number of hydrogen-bond acceptors (Lipinski definition) is 7. The van der Waals surface area contributed by atoms with Crippen LogP contribution in [0, 0.1) is 6.07 Å². The van der Waals surface area contributed by atoms with E-state index in [1.54, 1.807) is 0 Å². The Morgan fingerprint density at radius 3 is 2.19 bits per heavy atom. The third kappa shape index (κ3) is 3.99. The summed E-state index contributed by atoms with van der Waals surface area (Å²) in [5, 5.41) is 27.7. The maximum Gasteiger partial charge on any atom is 0.343 e. The van der Waals surface area contributed by atoms with E-state index in [4.69, 9.17) is 19.7 Å². The van der Waals surface area contributed by atoms with E-state index in [1.165, 1.54) is 24.8 Å². The zero-order valence-electron chi connectivity index (χ0n) is 13.6. The van der Waals surface area contributed by atoms with E-state index in [-0.39, 0.29) is 34.1 Å². The molecule has 0 unspecified atom stereocenters. The van der Waals surface area contributed by atoms with Gasteiger partial charge in [-0.25, -0.2) is 4.79 Å². The summed E-state index contributed by atoms with van der Waals surface area (Å²) in [6, 6.07) is 2.91. The molecule has 11 heteroatoms. The van der Waals surface area contributed by atoms with Gasteiger partial charge in [0.25, 0.3) is 0 Å². The number of fused-ring (bicyclic) bond motifs is 1. The van der Waals surface area contributed by atoms with Gasteiger partial charge in [-0.2, -0.15) is 0 Å². The van der Waals surface area contributed by atoms with E-state index >= 15 is 0 Å². The van der Waals surface area contributed by atoms with Gasteiger partial charge < -0.3 is 29.2 Å². The molecule has 0 aromatic carbocycles. The lowest BCUT2D eigenvalue weighted by Crippen LogP contribution is -2.07. The van der Waals surface area contributed by atoms with Crippen molar-refractivity contribution in [2.24, 2.45) is 0 Å². The second kappa shape index (κ2) is 8.23. The second-order valence-electron chi connectivity index (χ2n) is 4.75. The molecule has 0 saturated carbocycles. The van der Waals surface area contributed by atoms with E-state index in [0.29, 0.717) is 9.92 Å². The summed E-state index contributed by atoms with van der Waals surface area (Å²) in [7, 11) is 2.58. The average Bonchev–Trinajstić information content (AvgIpc) is 2.93. The topological polar surface area (TPSA) is 135 Å². The molecule has 2 heterocycles. The van der Waals surface area contributed by atoms with Gasteiger partial charge in [-0.3, -0.25) is 9.59 Å². The summed E-state index contributed by atoms with van der Waals surface area (Å²) in [4.78, 5) is 33.7. The van der Waals surface area contributed by atoms with E-state index in [9.17, 15) is 19.5 Å². The number of aromatic carboxylic acids is 1. The normalized spacial score (nSPS) is 10.7. The Hall–Kier alpha value is -2.53. The number of thioether (sulfide) groups is 2. The number of nitrogens with zero attached hydrogens (tertiary/aromatic N) is 1. The standard InChI is InChI=1S/C15H14NO8S2/c1-23-8-4-16-7(13(24-2)12(8)15(21)22)3-9(25-5-10(17)18)14(16)26-6-11(19)20/h4H,5-6H2,1-2H3,(H,17,18)(H,19,20)(H,21,22). The fraction of sp³-hybridized carbons (Fsp3) is 0.267. The molecule has 0 atom stereocenters. The molecule has 3 N–H and O–H groups in total. The highest BCUT2D eigenvalue weighted by molar-refractivity contribution is 8.02. The third-order valence-electron chi connectivity index (χ3n) is 3.13. The Morgan fingerprint density at radius 1 is 1.08 bits per heavy atom. The molecular formula is C15H14NO8S2. The molecule has 0 spiro atoms. The van der Waals surface area contributed by atoms with Crippen molar-refractivity contribution in [3.8, 4) is 11.5 Å². The third-order valence-corrected chi connectivity index (χ3v) is 5.30. The number of rotatable bonds is 9. The Morgan fingerprint density at radius 2 is 1.69 bits per heavy atom. The van der Waals surface area contributed by atoms with Crippen molar-refractivity contribution < 1.29 is 39.2 Å². The van der Waals surface area contributed by atoms with Gasteiger partial charge in [0.1, 0.15) is 5.56 Å². The number of pyridine rings is 1. The van der Waals surface area contributed by atoms with E-state index in [0.717, 1.165) is 23.5 Å². The van der Waals surface area contributed by atoms with Crippen molar-refractivity contribution in [2.75, 3.05) is 25.7 Å². The van der Waals surface area contributed by atoms with Crippen molar-refractivity contribution >= 4 is 46.9 Å². The Balaban J connectivity index is 2.73. The molecule has 0 aliphatic heterocycles. The number of ether oxygens (including phenoxy) is 2. The molecular weight excluding hydrogens is 386 g/mol. The van der Waals surface area contributed by atoms with Crippen molar-refractivity contribution in [1.29, 1.82) is 0 Å². The molecule has 0 amide bonds. The van der Waals surface area contributed by atoms with E-state index < -0.39 is 17.9 Å². The van der Waals surface area contributed by atoms with Gasteiger partial charge in [-0.15, -0.1) is 11.8 Å². The van der Waals surface area contributed by atoms with Crippen molar-refractivity contribution in [2.45, 2.75) is 9.92 Å². The molecule has 9 nitrogen and oxygen atoms in total. The molecule has 0 bridgehead atoms. The predicted molar refractivity (Wildman–Crippen MR) is 93.0 cm³/mol. The highest BCUT2D eigenvalue weighted by Crippen LogP contribution is 2.41. The van der Waals surface area contributed by atoms with Crippen LogP contribution in [0.4, 0.5) is 0 Å². The summed E-state index contributed by atoms with van der Waals surface area (Å²) in [5.41, 5.74) is 0.0345. The largest absolute Gasteiger partial charge is 0.494 e. The zero-order valence-corrected chi connectivity index (χ0v) is 15.3. The molecule has 2 rings (SSSR count). The minimum absolute atomic E-state index is 0.0119. The maximum atomic E-state index is 11.6. The molecule has 2 aromatic rings. The Labute approximate surface area is 155 Å². The minimum atomic E-state index is -1.27. The first-order chi connectivity index (χ1) is 12.3. The van der Waals surface area contributed by atoms with Crippen molar-refractivity contribution in [3.05, 3.63) is 17.8 Å². The Kier molecular flexibility index (Phi) is 6.27. The second-order valence-corrected chi connectivity index (χ2v) is 6.70. The SMILES string of the molecule is COc1cn2c(SCC(=O)O)c(SCC(=O)O)[c]c2c(OC)c1C(=O)O. The number of carboxylic acid groups (broad SMARTS) is 3. The molecule has 26 heavy (non-hydrogen) atoms. The number of methoxy groups -OCH3 is 2. The average molecular weight is 400 g/mol. The van der Waals surface area contributed by atoms with Crippen LogP contribution >= 0.6 is 23.5 Å². The van der Waals surface area contributed by atoms with Gasteiger partial charge in [0, 0.05) is 11.0 Å². The summed E-state index contributed by atoms with van der Waals surface area (Å²) >= 11 is 1.90. The predicted octanol–water partition coefficient (Wildman–Crippen LogP) is 1.81.